The van der Waals surface area contributed by atoms with E-state index >= 15 is 0 Å². The van der Waals surface area contributed by atoms with E-state index < -0.39 is 0 Å². The Bertz CT molecular complexity index is 806. The summed E-state index contributed by atoms with van der Waals surface area (Å²) in [6, 6.07) is 7.29. The van der Waals surface area contributed by atoms with Crippen molar-refractivity contribution >= 4 is 12.2 Å². The van der Waals surface area contributed by atoms with Crippen LogP contribution < -0.4 is 5.43 Å². The van der Waals surface area contributed by atoms with Gasteiger partial charge in [0.05, 0.1) is 0 Å². The Balaban J connectivity index is 2.19. The van der Waals surface area contributed by atoms with E-state index in [1.165, 1.54) is 0 Å². The van der Waals surface area contributed by atoms with Crippen molar-refractivity contribution in [1.29, 1.82) is 0 Å². The van der Waals surface area contributed by atoms with E-state index in [-0.39, 0.29) is 16.9 Å². The second-order valence-corrected chi connectivity index (χ2v) is 4.77. The van der Waals surface area contributed by atoms with Crippen molar-refractivity contribution < 1.29 is 9.52 Å². The zero-order chi connectivity index (χ0) is 14.8. The molecule has 0 saturated carbocycles. The summed E-state index contributed by atoms with van der Waals surface area (Å²) in [6.07, 6.45) is 9.44. The predicted octanol–water partition coefficient (Wildman–Crippen LogP) is 3.78. The lowest BCUT2D eigenvalue weighted by molar-refractivity contribution is 0.433. The summed E-state index contributed by atoms with van der Waals surface area (Å²) in [5.74, 6) is 0.343. The van der Waals surface area contributed by atoms with Crippen LogP contribution in [0.25, 0.3) is 23.5 Å². The van der Waals surface area contributed by atoms with Crippen molar-refractivity contribution in [2.24, 2.45) is 0 Å². The highest BCUT2D eigenvalue weighted by Gasteiger charge is 2.18. The molecule has 1 heterocycles. The Morgan fingerprint density at radius 3 is 2.67 bits per heavy atom. The minimum atomic E-state index is -0.379. The fourth-order valence-corrected chi connectivity index (χ4v) is 2.28. The SMILES string of the molecule is C=Cc1ccc(-c2oc3c(c(=O)c2O)CC=CC=C3)cc1. The van der Waals surface area contributed by atoms with Gasteiger partial charge in [0.1, 0.15) is 5.76 Å². The maximum atomic E-state index is 12.3. The standard InChI is InChI=1S/C18H14O3/c1-2-12-8-10-13(11-9-12)18-17(20)16(19)14-6-4-3-5-7-15(14)21-18/h2-5,7-11,20H,1,6H2. The fraction of sp³-hybridized carbons (Fsp3) is 0.0556. The van der Waals surface area contributed by atoms with E-state index in [9.17, 15) is 9.90 Å². The predicted molar refractivity (Wildman–Crippen MR) is 84.0 cm³/mol. The zero-order valence-electron chi connectivity index (χ0n) is 11.4. The molecule has 3 rings (SSSR count). The second-order valence-electron chi connectivity index (χ2n) is 4.77. The van der Waals surface area contributed by atoms with Gasteiger partial charge in [-0.05, 0) is 18.1 Å². The van der Waals surface area contributed by atoms with Crippen molar-refractivity contribution in [1.82, 2.24) is 0 Å². The van der Waals surface area contributed by atoms with Crippen LogP contribution in [0.3, 0.4) is 0 Å². The Hall–Kier alpha value is -2.81. The molecule has 0 radical (unpaired) electrons. The van der Waals surface area contributed by atoms with Gasteiger partial charge in [-0.3, -0.25) is 4.79 Å². The van der Waals surface area contributed by atoms with Crippen LogP contribution in [0.1, 0.15) is 16.9 Å². The van der Waals surface area contributed by atoms with Crippen LogP contribution in [-0.2, 0) is 6.42 Å². The Morgan fingerprint density at radius 1 is 1.19 bits per heavy atom. The third-order valence-electron chi connectivity index (χ3n) is 3.44. The number of fused-ring (bicyclic) bond motifs is 1. The Labute approximate surface area is 122 Å². The molecule has 1 aromatic heterocycles. The topological polar surface area (TPSA) is 50.4 Å². The summed E-state index contributed by atoms with van der Waals surface area (Å²) in [4.78, 5) is 12.3. The van der Waals surface area contributed by atoms with Crippen LogP contribution in [0, 0.1) is 0 Å². The Morgan fingerprint density at radius 2 is 1.95 bits per heavy atom. The number of allylic oxidation sites excluding steroid dienone is 3. The number of benzene rings is 1. The molecule has 21 heavy (non-hydrogen) atoms. The van der Waals surface area contributed by atoms with Gasteiger partial charge in [-0.15, -0.1) is 0 Å². The molecular weight excluding hydrogens is 264 g/mol. The third-order valence-corrected chi connectivity index (χ3v) is 3.44. The number of hydrogen-bond donors (Lipinski definition) is 1. The molecule has 0 amide bonds. The van der Waals surface area contributed by atoms with Crippen LogP contribution in [0.15, 0.2) is 58.3 Å². The van der Waals surface area contributed by atoms with Crippen molar-refractivity contribution in [3.8, 4) is 17.1 Å². The molecule has 3 heteroatoms. The Kier molecular flexibility index (Phi) is 3.32. The summed E-state index contributed by atoms with van der Waals surface area (Å²) in [5.41, 5.74) is 1.71. The number of aromatic hydroxyl groups is 1. The first kappa shape index (κ1) is 13.2. The molecule has 0 atom stereocenters. The molecule has 1 aliphatic carbocycles. The lowest BCUT2D eigenvalue weighted by atomic mass is 10.1. The maximum Gasteiger partial charge on any atom is 0.231 e. The van der Waals surface area contributed by atoms with Crippen LogP contribution in [0.5, 0.6) is 5.75 Å². The first-order valence-corrected chi connectivity index (χ1v) is 6.65. The third kappa shape index (κ3) is 2.34. The van der Waals surface area contributed by atoms with Crippen molar-refractivity contribution in [3.05, 3.63) is 76.2 Å². The molecule has 0 fully saturated rings. The highest BCUT2D eigenvalue weighted by Crippen LogP contribution is 2.30. The molecule has 104 valence electrons. The molecular formula is C18H14O3. The first-order valence-electron chi connectivity index (χ1n) is 6.65. The summed E-state index contributed by atoms with van der Waals surface area (Å²) in [6.45, 7) is 3.69. The zero-order valence-corrected chi connectivity index (χ0v) is 11.4. The van der Waals surface area contributed by atoms with Crippen LogP contribution in [0.4, 0.5) is 0 Å². The van der Waals surface area contributed by atoms with Crippen LogP contribution in [0.2, 0.25) is 0 Å². The van der Waals surface area contributed by atoms with E-state index in [4.69, 9.17) is 4.42 Å². The van der Waals surface area contributed by atoms with E-state index in [1.807, 2.05) is 30.4 Å². The lowest BCUT2D eigenvalue weighted by Crippen LogP contribution is -2.10. The molecule has 1 aliphatic rings. The minimum Gasteiger partial charge on any atom is -0.502 e. The van der Waals surface area contributed by atoms with E-state index in [1.54, 1.807) is 24.3 Å². The van der Waals surface area contributed by atoms with Crippen molar-refractivity contribution in [3.63, 3.8) is 0 Å². The monoisotopic (exact) mass is 278 g/mol. The van der Waals surface area contributed by atoms with Gasteiger partial charge < -0.3 is 9.52 Å². The van der Waals surface area contributed by atoms with Gasteiger partial charge in [0.25, 0.3) is 0 Å². The molecule has 0 bridgehead atoms. The van der Waals surface area contributed by atoms with E-state index in [2.05, 4.69) is 6.58 Å². The summed E-state index contributed by atoms with van der Waals surface area (Å²) >= 11 is 0. The van der Waals surface area contributed by atoms with Gasteiger partial charge in [-0.1, -0.05) is 55.1 Å². The molecule has 1 aromatic carbocycles. The van der Waals surface area contributed by atoms with Gasteiger partial charge in [-0.25, -0.2) is 0 Å². The minimum absolute atomic E-state index is 0.195. The lowest BCUT2D eigenvalue weighted by Gasteiger charge is -2.08. The summed E-state index contributed by atoms with van der Waals surface area (Å²) in [7, 11) is 0. The first-order chi connectivity index (χ1) is 10.2. The van der Waals surface area contributed by atoms with Gasteiger partial charge in [0.15, 0.2) is 5.76 Å². The van der Waals surface area contributed by atoms with Gasteiger partial charge in [0.2, 0.25) is 11.2 Å². The van der Waals surface area contributed by atoms with Gasteiger partial charge >= 0.3 is 0 Å². The van der Waals surface area contributed by atoms with Crippen LogP contribution >= 0.6 is 0 Å². The van der Waals surface area contributed by atoms with Gasteiger partial charge in [-0.2, -0.15) is 0 Å². The van der Waals surface area contributed by atoms with E-state index in [0.717, 1.165) is 5.56 Å². The molecule has 0 aliphatic heterocycles. The molecule has 0 spiro atoms. The molecule has 1 N–H and O–H groups in total. The fourth-order valence-electron chi connectivity index (χ4n) is 2.28. The number of rotatable bonds is 2. The van der Waals surface area contributed by atoms with E-state index in [0.29, 0.717) is 23.3 Å². The highest BCUT2D eigenvalue weighted by molar-refractivity contribution is 5.68. The van der Waals surface area contributed by atoms with Gasteiger partial charge in [0, 0.05) is 11.1 Å². The normalized spacial score (nSPS) is 12.8. The summed E-state index contributed by atoms with van der Waals surface area (Å²) < 4.78 is 5.75. The second kappa shape index (κ2) is 5.29. The van der Waals surface area contributed by atoms with Crippen molar-refractivity contribution in [2.45, 2.75) is 6.42 Å². The summed E-state index contributed by atoms with van der Waals surface area (Å²) in [5, 5.41) is 10.2. The molecule has 3 nitrogen and oxygen atoms in total. The maximum absolute atomic E-state index is 12.3. The quantitative estimate of drug-likeness (QED) is 0.909. The molecule has 0 unspecified atom stereocenters. The smallest absolute Gasteiger partial charge is 0.231 e. The van der Waals surface area contributed by atoms with Crippen LogP contribution in [-0.4, -0.2) is 5.11 Å². The molecule has 2 aromatic rings. The number of hydrogen-bond acceptors (Lipinski definition) is 3. The average Bonchev–Trinajstić information content (AvgIpc) is 2.76. The van der Waals surface area contributed by atoms with Crippen molar-refractivity contribution in [2.75, 3.05) is 0 Å². The largest absolute Gasteiger partial charge is 0.502 e. The average molecular weight is 278 g/mol. The molecule has 0 saturated heterocycles. The highest BCUT2D eigenvalue weighted by atomic mass is 16.4.